The zero-order valence-electron chi connectivity index (χ0n) is 11.9. The highest BCUT2D eigenvalue weighted by atomic mass is 32.1. The quantitative estimate of drug-likeness (QED) is 0.845. The fraction of sp³-hybridized carbons (Fsp3) is 0.643. The van der Waals surface area contributed by atoms with E-state index in [0.717, 1.165) is 42.6 Å². The molecule has 0 radical (unpaired) electrons. The van der Waals surface area contributed by atoms with Crippen LogP contribution in [0, 0.1) is 6.92 Å². The Morgan fingerprint density at radius 1 is 1.40 bits per heavy atom. The standard InChI is InChI=1S/C14H22N2O3S/c1-12-2-3-13(20-12)14(18)16(6-9-17)5-4-15-7-10-19-11-8-15/h2-3,17H,4-11H2,1H3. The second-order valence-electron chi connectivity index (χ2n) is 4.88. The van der Waals surface area contributed by atoms with Crippen molar-refractivity contribution in [2.24, 2.45) is 0 Å². The summed E-state index contributed by atoms with van der Waals surface area (Å²) in [6, 6.07) is 3.82. The second kappa shape index (κ2) is 7.73. The number of aliphatic hydroxyl groups is 1. The van der Waals surface area contributed by atoms with Gasteiger partial charge in [0.15, 0.2) is 0 Å². The summed E-state index contributed by atoms with van der Waals surface area (Å²) in [5.74, 6) is 0.0189. The number of morpholine rings is 1. The molecule has 1 saturated heterocycles. The molecule has 1 fully saturated rings. The van der Waals surface area contributed by atoms with Crippen molar-refractivity contribution in [3.63, 3.8) is 0 Å². The van der Waals surface area contributed by atoms with Gasteiger partial charge in [0.2, 0.25) is 0 Å². The molecule has 0 atom stereocenters. The number of thiophene rings is 1. The molecule has 6 heteroatoms. The number of rotatable bonds is 6. The molecular formula is C14H22N2O3S. The van der Waals surface area contributed by atoms with Gasteiger partial charge in [-0.2, -0.15) is 0 Å². The minimum Gasteiger partial charge on any atom is -0.395 e. The Hall–Kier alpha value is -0.950. The van der Waals surface area contributed by atoms with Crippen molar-refractivity contribution in [3.05, 3.63) is 21.9 Å². The SMILES string of the molecule is Cc1ccc(C(=O)N(CCO)CCN2CCOCC2)s1. The Morgan fingerprint density at radius 3 is 2.75 bits per heavy atom. The van der Waals surface area contributed by atoms with E-state index in [1.54, 1.807) is 4.90 Å². The first kappa shape index (κ1) is 15.4. The van der Waals surface area contributed by atoms with Crippen molar-refractivity contribution in [2.45, 2.75) is 6.92 Å². The lowest BCUT2D eigenvalue weighted by Gasteiger charge is -2.29. The summed E-state index contributed by atoms with van der Waals surface area (Å²) in [5.41, 5.74) is 0. The van der Waals surface area contributed by atoms with Crippen LogP contribution >= 0.6 is 11.3 Å². The molecular weight excluding hydrogens is 276 g/mol. The molecule has 1 aromatic rings. The molecule has 1 aliphatic rings. The first-order valence-corrected chi connectivity index (χ1v) is 7.79. The van der Waals surface area contributed by atoms with Crippen LogP contribution in [-0.2, 0) is 4.74 Å². The van der Waals surface area contributed by atoms with Gasteiger partial charge >= 0.3 is 0 Å². The van der Waals surface area contributed by atoms with Crippen molar-refractivity contribution < 1.29 is 14.6 Å². The maximum absolute atomic E-state index is 12.4. The van der Waals surface area contributed by atoms with E-state index in [1.807, 2.05) is 19.1 Å². The second-order valence-corrected chi connectivity index (χ2v) is 6.17. The number of aryl methyl sites for hydroxylation is 1. The van der Waals surface area contributed by atoms with Crippen LogP contribution < -0.4 is 0 Å². The molecule has 20 heavy (non-hydrogen) atoms. The van der Waals surface area contributed by atoms with E-state index >= 15 is 0 Å². The highest BCUT2D eigenvalue weighted by Crippen LogP contribution is 2.17. The van der Waals surface area contributed by atoms with E-state index in [1.165, 1.54) is 11.3 Å². The highest BCUT2D eigenvalue weighted by Gasteiger charge is 2.18. The molecule has 2 heterocycles. The molecule has 1 amide bonds. The van der Waals surface area contributed by atoms with Gasteiger partial charge in [-0.3, -0.25) is 9.69 Å². The third-order valence-corrected chi connectivity index (χ3v) is 4.39. The van der Waals surface area contributed by atoms with Gasteiger partial charge in [-0.1, -0.05) is 0 Å². The van der Waals surface area contributed by atoms with Crippen LogP contribution in [0.15, 0.2) is 12.1 Å². The van der Waals surface area contributed by atoms with E-state index in [0.29, 0.717) is 13.1 Å². The van der Waals surface area contributed by atoms with Gasteiger partial charge in [0.1, 0.15) is 0 Å². The van der Waals surface area contributed by atoms with E-state index < -0.39 is 0 Å². The van der Waals surface area contributed by atoms with Crippen LogP contribution in [0.1, 0.15) is 14.5 Å². The summed E-state index contributed by atoms with van der Waals surface area (Å²) in [6.07, 6.45) is 0. The van der Waals surface area contributed by atoms with Crippen LogP contribution in [-0.4, -0.2) is 73.4 Å². The van der Waals surface area contributed by atoms with Crippen LogP contribution in [0.25, 0.3) is 0 Å². The molecule has 1 N–H and O–H groups in total. The van der Waals surface area contributed by atoms with Crippen LogP contribution in [0.3, 0.4) is 0 Å². The number of carbonyl (C=O) groups is 1. The molecule has 0 saturated carbocycles. The lowest BCUT2D eigenvalue weighted by atomic mass is 10.3. The zero-order valence-corrected chi connectivity index (χ0v) is 12.7. The van der Waals surface area contributed by atoms with Gasteiger partial charge in [0, 0.05) is 37.6 Å². The normalized spacial score (nSPS) is 16.3. The summed E-state index contributed by atoms with van der Waals surface area (Å²) >= 11 is 1.51. The van der Waals surface area contributed by atoms with E-state index in [4.69, 9.17) is 9.84 Å². The van der Waals surface area contributed by atoms with Crippen LogP contribution in [0.5, 0.6) is 0 Å². The number of carbonyl (C=O) groups excluding carboxylic acids is 1. The Kier molecular flexibility index (Phi) is 5.97. The maximum Gasteiger partial charge on any atom is 0.264 e. The Morgan fingerprint density at radius 2 is 2.15 bits per heavy atom. The Balaban J connectivity index is 1.90. The van der Waals surface area contributed by atoms with Crippen molar-refractivity contribution in [1.29, 1.82) is 0 Å². The van der Waals surface area contributed by atoms with Crippen molar-refractivity contribution >= 4 is 17.2 Å². The number of nitrogens with zero attached hydrogens (tertiary/aromatic N) is 2. The molecule has 0 aliphatic carbocycles. The summed E-state index contributed by atoms with van der Waals surface area (Å²) in [6.45, 7) is 7.22. The molecule has 2 rings (SSSR count). The molecule has 0 spiro atoms. The van der Waals surface area contributed by atoms with E-state index in [2.05, 4.69) is 4.90 Å². The van der Waals surface area contributed by atoms with Gasteiger partial charge in [-0.05, 0) is 19.1 Å². The molecule has 0 aromatic carbocycles. The molecule has 0 unspecified atom stereocenters. The summed E-state index contributed by atoms with van der Waals surface area (Å²) in [5, 5.41) is 9.15. The number of hydrogen-bond acceptors (Lipinski definition) is 5. The number of hydrogen-bond donors (Lipinski definition) is 1. The van der Waals surface area contributed by atoms with Crippen molar-refractivity contribution in [1.82, 2.24) is 9.80 Å². The van der Waals surface area contributed by atoms with Gasteiger partial charge in [0.25, 0.3) is 5.91 Å². The number of ether oxygens (including phenoxy) is 1. The van der Waals surface area contributed by atoms with E-state index in [-0.39, 0.29) is 12.5 Å². The average Bonchev–Trinajstić information content (AvgIpc) is 2.90. The Bertz CT molecular complexity index is 430. The summed E-state index contributed by atoms with van der Waals surface area (Å²) < 4.78 is 5.31. The summed E-state index contributed by atoms with van der Waals surface area (Å²) in [4.78, 5) is 18.3. The average molecular weight is 298 g/mol. The molecule has 1 aromatic heterocycles. The molecule has 0 bridgehead atoms. The fourth-order valence-electron chi connectivity index (χ4n) is 2.23. The third kappa shape index (κ3) is 4.28. The minimum atomic E-state index is -0.000785. The van der Waals surface area contributed by atoms with Crippen LogP contribution in [0.4, 0.5) is 0 Å². The number of amides is 1. The zero-order chi connectivity index (χ0) is 14.4. The first-order chi connectivity index (χ1) is 9.70. The minimum absolute atomic E-state index is 0.000785. The lowest BCUT2D eigenvalue weighted by molar-refractivity contribution is 0.0316. The molecule has 112 valence electrons. The van der Waals surface area contributed by atoms with Crippen LogP contribution in [0.2, 0.25) is 0 Å². The number of aliphatic hydroxyl groups excluding tert-OH is 1. The van der Waals surface area contributed by atoms with Crippen molar-refractivity contribution in [3.8, 4) is 0 Å². The largest absolute Gasteiger partial charge is 0.395 e. The lowest BCUT2D eigenvalue weighted by Crippen LogP contribution is -2.43. The smallest absolute Gasteiger partial charge is 0.264 e. The van der Waals surface area contributed by atoms with Crippen molar-refractivity contribution in [2.75, 3.05) is 52.5 Å². The predicted molar refractivity (Wildman–Crippen MR) is 79.3 cm³/mol. The van der Waals surface area contributed by atoms with E-state index in [9.17, 15) is 4.79 Å². The first-order valence-electron chi connectivity index (χ1n) is 6.97. The fourth-order valence-corrected chi connectivity index (χ4v) is 3.06. The maximum atomic E-state index is 12.4. The predicted octanol–water partition coefficient (Wildman–Crippen LogP) is 0.823. The van der Waals surface area contributed by atoms with Gasteiger partial charge in [-0.25, -0.2) is 0 Å². The highest BCUT2D eigenvalue weighted by molar-refractivity contribution is 7.13. The third-order valence-electron chi connectivity index (χ3n) is 3.40. The molecule has 1 aliphatic heterocycles. The van der Waals surface area contributed by atoms with Gasteiger partial charge in [0.05, 0.1) is 24.7 Å². The summed E-state index contributed by atoms with van der Waals surface area (Å²) in [7, 11) is 0. The topological polar surface area (TPSA) is 53.0 Å². The Labute approximate surface area is 123 Å². The molecule has 5 nitrogen and oxygen atoms in total. The van der Waals surface area contributed by atoms with Gasteiger partial charge in [-0.15, -0.1) is 11.3 Å². The van der Waals surface area contributed by atoms with Gasteiger partial charge < -0.3 is 14.7 Å². The monoisotopic (exact) mass is 298 g/mol.